The average molecular weight is 264 g/mol. The lowest BCUT2D eigenvalue weighted by Gasteiger charge is -2.29. The third kappa shape index (κ3) is 4.20. The molecule has 0 radical (unpaired) electrons. The Labute approximate surface area is 115 Å². The van der Waals surface area contributed by atoms with Gasteiger partial charge in [-0.05, 0) is 38.2 Å². The zero-order valence-electron chi connectivity index (χ0n) is 11.9. The van der Waals surface area contributed by atoms with Crippen LogP contribution in [0.3, 0.4) is 0 Å². The summed E-state index contributed by atoms with van der Waals surface area (Å²) in [4.78, 5) is 4.41. The Morgan fingerprint density at radius 3 is 2.42 bits per heavy atom. The molecular weight excluding hydrogens is 240 g/mol. The summed E-state index contributed by atoms with van der Waals surface area (Å²) in [5.41, 5.74) is 2.21. The second-order valence-corrected chi connectivity index (χ2v) is 5.30. The molecule has 1 aromatic carbocycles. The van der Waals surface area contributed by atoms with Crippen LogP contribution >= 0.6 is 0 Å². The molecule has 0 amide bonds. The number of morpholine rings is 1. The minimum atomic E-state index is -0.374. The lowest BCUT2D eigenvalue weighted by atomic mass is 10.1. The maximum absolute atomic E-state index is 10.1. The van der Waals surface area contributed by atoms with Crippen molar-refractivity contribution in [2.75, 3.05) is 51.8 Å². The van der Waals surface area contributed by atoms with Gasteiger partial charge in [0.05, 0.1) is 19.3 Å². The van der Waals surface area contributed by atoms with Gasteiger partial charge in [0, 0.05) is 25.3 Å². The lowest BCUT2D eigenvalue weighted by Crippen LogP contribution is -2.36. The maximum Gasteiger partial charge on any atom is 0.0802 e. The van der Waals surface area contributed by atoms with Crippen molar-refractivity contribution in [2.45, 2.75) is 12.5 Å². The van der Waals surface area contributed by atoms with Crippen LogP contribution in [0, 0.1) is 0 Å². The highest BCUT2D eigenvalue weighted by Gasteiger charge is 2.12. The van der Waals surface area contributed by atoms with Crippen LogP contribution in [0.25, 0.3) is 0 Å². The first-order chi connectivity index (χ1) is 9.16. The van der Waals surface area contributed by atoms with Crippen LogP contribution in [0.2, 0.25) is 0 Å². The number of aliphatic hydroxyl groups is 1. The summed E-state index contributed by atoms with van der Waals surface area (Å²) in [7, 11) is 4.04. The van der Waals surface area contributed by atoms with Crippen LogP contribution in [0.5, 0.6) is 0 Å². The second-order valence-electron chi connectivity index (χ2n) is 5.30. The number of hydrogen-bond donors (Lipinski definition) is 1. The molecule has 0 aromatic heterocycles. The van der Waals surface area contributed by atoms with Gasteiger partial charge >= 0.3 is 0 Å². The van der Waals surface area contributed by atoms with E-state index in [1.807, 2.05) is 26.2 Å². The highest BCUT2D eigenvalue weighted by atomic mass is 16.5. The Morgan fingerprint density at radius 1 is 1.21 bits per heavy atom. The van der Waals surface area contributed by atoms with Gasteiger partial charge in [-0.2, -0.15) is 0 Å². The first kappa shape index (κ1) is 14.3. The van der Waals surface area contributed by atoms with Crippen molar-refractivity contribution in [3.05, 3.63) is 29.8 Å². The minimum Gasteiger partial charge on any atom is -0.388 e. The molecule has 4 nitrogen and oxygen atoms in total. The number of benzene rings is 1. The van der Waals surface area contributed by atoms with E-state index in [1.54, 1.807) is 0 Å². The van der Waals surface area contributed by atoms with Crippen molar-refractivity contribution in [1.82, 2.24) is 4.90 Å². The summed E-state index contributed by atoms with van der Waals surface area (Å²) in [6.45, 7) is 4.39. The third-order valence-electron chi connectivity index (χ3n) is 3.50. The lowest BCUT2D eigenvalue weighted by molar-refractivity contribution is 0.122. The summed E-state index contributed by atoms with van der Waals surface area (Å²) in [6.07, 6.45) is 0.394. The number of ether oxygens (including phenoxy) is 1. The molecule has 0 spiro atoms. The van der Waals surface area contributed by atoms with Crippen LogP contribution in [-0.4, -0.2) is 56.9 Å². The fourth-order valence-electron chi connectivity index (χ4n) is 2.28. The predicted molar refractivity (Wildman–Crippen MR) is 77.6 cm³/mol. The van der Waals surface area contributed by atoms with E-state index >= 15 is 0 Å². The molecule has 1 heterocycles. The molecule has 1 unspecified atom stereocenters. The Morgan fingerprint density at radius 2 is 1.84 bits per heavy atom. The molecule has 1 saturated heterocycles. The summed E-state index contributed by atoms with van der Waals surface area (Å²) >= 11 is 0. The zero-order valence-corrected chi connectivity index (χ0v) is 11.9. The minimum absolute atomic E-state index is 0.374. The van der Waals surface area contributed by atoms with Gasteiger partial charge in [-0.15, -0.1) is 0 Å². The Hall–Kier alpha value is -1.10. The highest BCUT2D eigenvalue weighted by molar-refractivity contribution is 5.48. The first-order valence-electron chi connectivity index (χ1n) is 6.92. The monoisotopic (exact) mass is 264 g/mol. The van der Waals surface area contributed by atoms with Crippen molar-refractivity contribution < 1.29 is 9.84 Å². The molecule has 0 bridgehead atoms. The van der Waals surface area contributed by atoms with Crippen LogP contribution in [0.1, 0.15) is 18.1 Å². The SMILES string of the molecule is CN(C)CCC(O)c1ccc(N2CCOCC2)cc1. The van der Waals surface area contributed by atoms with Gasteiger partial charge < -0.3 is 19.6 Å². The van der Waals surface area contributed by atoms with Gasteiger partial charge in [0.2, 0.25) is 0 Å². The summed E-state index contributed by atoms with van der Waals surface area (Å²) in [5, 5.41) is 10.1. The predicted octanol–water partition coefficient (Wildman–Crippen LogP) is 1.51. The molecule has 0 saturated carbocycles. The second kappa shape index (κ2) is 6.89. The normalized spacial score (nSPS) is 17.8. The Bertz CT molecular complexity index is 372. The van der Waals surface area contributed by atoms with E-state index in [2.05, 4.69) is 21.9 Å². The van der Waals surface area contributed by atoms with Crippen molar-refractivity contribution >= 4 is 5.69 Å². The van der Waals surface area contributed by atoms with Crippen LogP contribution < -0.4 is 4.90 Å². The van der Waals surface area contributed by atoms with E-state index < -0.39 is 0 Å². The molecular formula is C15H24N2O2. The molecule has 1 N–H and O–H groups in total. The number of aliphatic hydroxyl groups excluding tert-OH is 1. The van der Waals surface area contributed by atoms with Crippen LogP contribution in [0.4, 0.5) is 5.69 Å². The third-order valence-corrected chi connectivity index (χ3v) is 3.50. The van der Waals surface area contributed by atoms with E-state index in [-0.39, 0.29) is 6.10 Å². The quantitative estimate of drug-likeness (QED) is 0.874. The number of nitrogens with zero attached hydrogens (tertiary/aromatic N) is 2. The van der Waals surface area contributed by atoms with Crippen molar-refractivity contribution in [3.63, 3.8) is 0 Å². The number of hydrogen-bond acceptors (Lipinski definition) is 4. The summed E-state index contributed by atoms with van der Waals surface area (Å²) in [6, 6.07) is 8.26. The van der Waals surface area contributed by atoms with Gasteiger partial charge in [-0.25, -0.2) is 0 Å². The fraction of sp³-hybridized carbons (Fsp3) is 0.600. The van der Waals surface area contributed by atoms with Gasteiger partial charge in [-0.1, -0.05) is 12.1 Å². The van der Waals surface area contributed by atoms with Crippen LogP contribution in [0.15, 0.2) is 24.3 Å². The smallest absolute Gasteiger partial charge is 0.0802 e. The fourth-order valence-corrected chi connectivity index (χ4v) is 2.28. The van der Waals surface area contributed by atoms with E-state index in [9.17, 15) is 5.11 Å². The maximum atomic E-state index is 10.1. The van der Waals surface area contributed by atoms with E-state index in [0.717, 1.165) is 44.8 Å². The molecule has 1 atom stereocenters. The van der Waals surface area contributed by atoms with Crippen LogP contribution in [-0.2, 0) is 4.74 Å². The largest absolute Gasteiger partial charge is 0.388 e. The summed E-state index contributed by atoms with van der Waals surface area (Å²) < 4.78 is 5.35. The van der Waals surface area contributed by atoms with Crippen molar-refractivity contribution in [3.8, 4) is 0 Å². The Balaban J connectivity index is 1.93. The molecule has 2 rings (SSSR count). The summed E-state index contributed by atoms with van der Waals surface area (Å²) in [5.74, 6) is 0. The molecule has 1 aliphatic rings. The highest BCUT2D eigenvalue weighted by Crippen LogP contribution is 2.22. The van der Waals surface area contributed by atoms with Gasteiger partial charge in [-0.3, -0.25) is 0 Å². The van der Waals surface area contributed by atoms with Gasteiger partial charge in [0.25, 0.3) is 0 Å². The van der Waals surface area contributed by atoms with Crippen molar-refractivity contribution in [2.24, 2.45) is 0 Å². The molecule has 1 aliphatic heterocycles. The Kier molecular flexibility index (Phi) is 5.19. The molecule has 19 heavy (non-hydrogen) atoms. The van der Waals surface area contributed by atoms with E-state index in [4.69, 9.17) is 4.74 Å². The molecule has 1 aromatic rings. The van der Waals surface area contributed by atoms with Gasteiger partial charge in [0.1, 0.15) is 0 Å². The molecule has 4 heteroatoms. The number of anilines is 1. The van der Waals surface area contributed by atoms with Crippen molar-refractivity contribution in [1.29, 1.82) is 0 Å². The zero-order chi connectivity index (χ0) is 13.7. The molecule has 1 fully saturated rings. The first-order valence-corrected chi connectivity index (χ1v) is 6.92. The molecule has 106 valence electrons. The standard InChI is InChI=1S/C15H24N2O2/c1-16(2)8-7-15(18)13-3-5-14(6-4-13)17-9-11-19-12-10-17/h3-6,15,18H,7-12H2,1-2H3. The molecule has 0 aliphatic carbocycles. The average Bonchev–Trinajstić information content (AvgIpc) is 2.46. The van der Waals surface area contributed by atoms with Gasteiger partial charge in [0.15, 0.2) is 0 Å². The number of rotatable bonds is 5. The topological polar surface area (TPSA) is 35.9 Å². The van der Waals surface area contributed by atoms with E-state index in [0.29, 0.717) is 0 Å². The van der Waals surface area contributed by atoms with E-state index in [1.165, 1.54) is 5.69 Å².